The molecule has 1 aromatic carbocycles. The maximum atomic E-state index is 5.74. The van der Waals surface area contributed by atoms with Crippen molar-refractivity contribution in [2.75, 3.05) is 12.8 Å². The van der Waals surface area contributed by atoms with Gasteiger partial charge in [-0.15, -0.1) is 0 Å². The van der Waals surface area contributed by atoms with E-state index in [-0.39, 0.29) is 0 Å². The highest BCUT2D eigenvalue weighted by molar-refractivity contribution is 9.10. The fourth-order valence-corrected chi connectivity index (χ4v) is 2.24. The maximum Gasteiger partial charge on any atom is 0.172 e. The van der Waals surface area contributed by atoms with Crippen LogP contribution in [-0.4, -0.2) is 12.3 Å². The summed E-state index contributed by atoms with van der Waals surface area (Å²) in [5.41, 5.74) is 7.60. The number of benzene rings is 1. The second kappa shape index (κ2) is 4.79. The van der Waals surface area contributed by atoms with Crippen LogP contribution in [0.15, 0.2) is 27.2 Å². The topological polar surface area (TPSA) is 61.3 Å². The van der Waals surface area contributed by atoms with Gasteiger partial charge in [-0.2, -0.15) is 0 Å². The molecular weight excluding hydrogens is 284 g/mol. The number of hydrogen-bond acceptors (Lipinski definition) is 4. The van der Waals surface area contributed by atoms with Gasteiger partial charge in [0.05, 0.1) is 11.6 Å². The number of halogens is 1. The molecule has 0 spiro atoms. The van der Waals surface area contributed by atoms with Gasteiger partial charge >= 0.3 is 0 Å². The Morgan fingerprint density at radius 3 is 2.82 bits per heavy atom. The molecule has 0 aliphatic carbocycles. The van der Waals surface area contributed by atoms with Crippen molar-refractivity contribution in [3.8, 4) is 17.1 Å². The standard InChI is InChI=1S/C12H13BrN2O2/c1-3-8-11(17-15-12(8)14)7-4-5-10(16-2)9(13)6-7/h4-6H,3H2,1-2H3,(H2,14,15). The van der Waals surface area contributed by atoms with E-state index < -0.39 is 0 Å². The largest absolute Gasteiger partial charge is 0.496 e. The monoisotopic (exact) mass is 296 g/mol. The van der Waals surface area contributed by atoms with E-state index in [9.17, 15) is 0 Å². The Balaban J connectivity index is 2.49. The third-order valence-electron chi connectivity index (χ3n) is 2.59. The third-order valence-corrected chi connectivity index (χ3v) is 3.21. The number of rotatable bonds is 3. The Bertz CT molecular complexity index is 537. The van der Waals surface area contributed by atoms with Gasteiger partial charge in [-0.1, -0.05) is 12.1 Å². The number of nitrogens with zero attached hydrogens (tertiary/aromatic N) is 1. The molecule has 5 heteroatoms. The van der Waals surface area contributed by atoms with Crippen LogP contribution >= 0.6 is 15.9 Å². The van der Waals surface area contributed by atoms with Crippen molar-refractivity contribution in [1.29, 1.82) is 0 Å². The molecule has 2 rings (SSSR count). The molecule has 90 valence electrons. The molecule has 0 unspecified atom stereocenters. The molecule has 0 aliphatic heterocycles. The molecule has 0 saturated carbocycles. The number of nitrogens with two attached hydrogens (primary N) is 1. The average molecular weight is 297 g/mol. The van der Waals surface area contributed by atoms with Crippen LogP contribution in [0.3, 0.4) is 0 Å². The number of ether oxygens (including phenoxy) is 1. The molecule has 2 aromatic rings. The summed E-state index contributed by atoms with van der Waals surface area (Å²) in [4.78, 5) is 0. The van der Waals surface area contributed by atoms with Crippen LogP contribution in [0.25, 0.3) is 11.3 Å². The van der Waals surface area contributed by atoms with E-state index in [1.54, 1.807) is 7.11 Å². The van der Waals surface area contributed by atoms with Crippen LogP contribution in [0.2, 0.25) is 0 Å². The SMILES string of the molecule is CCc1c(N)noc1-c1ccc(OC)c(Br)c1. The Morgan fingerprint density at radius 1 is 1.47 bits per heavy atom. The van der Waals surface area contributed by atoms with Crippen molar-refractivity contribution >= 4 is 21.7 Å². The molecule has 1 aromatic heterocycles. The molecule has 0 saturated heterocycles. The zero-order valence-electron chi connectivity index (χ0n) is 9.66. The number of nitrogen functional groups attached to an aromatic ring is 1. The van der Waals surface area contributed by atoms with E-state index >= 15 is 0 Å². The van der Waals surface area contributed by atoms with E-state index in [1.165, 1.54) is 0 Å². The van der Waals surface area contributed by atoms with Crippen LogP contribution in [0.1, 0.15) is 12.5 Å². The second-order valence-corrected chi connectivity index (χ2v) is 4.43. The summed E-state index contributed by atoms with van der Waals surface area (Å²) in [5, 5.41) is 3.79. The van der Waals surface area contributed by atoms with Crippen LogP contribution in [0.5, 0.6) is 5.75 Å². The van der Waals surface area contributed by atoms with Gasteiger partial charge in [-0.25, -0.2) is 0 Å². The Hall–Kier alpha value is -1.49. The van der Waals surface area contributed by atoms with Crippen LogP contribution in [0, 0.1) is 0 Å². The highest BCUT2D eigenvalue weighted by atomic mass is 79.9. The molecule has 2 N–H and O–H groups in total. The van der Waals surface area contributed by atoms with Gasteiger partial charge < -0.3 is 15.0 Å². The van der Waals surface area contributed by atoms with Crippen molar-refractivity contribution in [3.05, 3.63) is 28.2 Å². The lowest BCUT2D eigenvalue weighted by Crippen LogP contribution is -1.91. The van der Waals surface area contributed by atoms with Gasteiger partial charge in [0.1, 0.15) is 5.75 Å². The first kappa shape index (κ1) is 12.0. The molecular formula is C12H13BrN2O2. The Morgan fingerprint density at radius 2 is 2.24 bits per heavy atom. The quantitative estimate of drug-likeness (QED) is 0.944. The summed E-state index contributed by atoms with van der Waals surface area (Å²) in [5.74, 6) is 1.95. The fourth-order valence-electron chi connectivity index (χ4n) is 1.70. The fraction of sp³-hybridized carbons (Fsp3) is 0.250. The lowest BCUT2D eigenvalue weighted by molar-refractivity contribution is 0.412. The van der Waals surface area contributed by atoms with E-state index in [4.69, 9.17) is 15.0 Å². The predicted molar refractivity (Wildman–Crippen MR) is 70.0 cm³/mol. The molecule has 0 radical (unpaired) electrons. The van der Waals surface area contributed by atoms with Gasteiger partial charge in [0.25, 0.3) is 0 Å². The number of anilines is 1. The summed E-state index contributed by atoms with van der Waals surface area (Å²) < 4.78 is 11.3. The first-order valence-electron chi connectivity index (χ1n) is 5.25. The van der Waals surface area contributed by atoms with Crippen LogP contribution in [-0.2, 0) is 6.42 Å². The molecule has 0 bridgehead atoms. The van der Waals surface area contributed by atoms with Gasteiger partial charge in [-0.3, -0.25) is 0 Å². The zero-order valence-corrected chi connectivity index (χ0v) is 11.2. The van der Waals surface area contributed by atoms with Crippen molar-refractivity contribution in [3.63, 3.8) is 0 Å². The molecule has 17 heavy (non-hydrogen) atoms. The third kappa shape index (κ3) is 2.15. The Kier molecular flexibility index (Phi) is 3.38. The summed E-state index contributed by atoms with van der Waals surface area (Å²) in [7, 11) is 1.63. The zero-order chi connectivity index (χ0) is 12.4. The highest BCUT2D eigenvalue weighted by Gasteiger charge is 2.15. The minimum atomic E-state index is 0.453. The summed E-state index contributed by atoms with van der Waals surface area (Å²) in [6, 6.07) is 5.72. The first-order valence-corrected chi connectivity index (χ1v) is 6.04. The molecule has 4 nitrogen and oxygen atoms in total. The summed E-state index contributed by atoms with van der Waals surface area (Å²) in [6.07, 6.45) is 0.786. The lowest BCUT2D eigenvalue weighted by atomic mass is 10.1. The van der Waals surface area contributed by atoms with Gasteiger partial charge in [0.2, 0.25) is 0 Å². The molecule has 0 fully saturated rings. The van der Waals surface area contributed by atoms with Crippen molar-refractivity contribution in [2.24, 2.45) is 0 Å². The number of aromatic nitrogens is 1. The molecule has 0 amide bonds. The van der Waals surface area contributed by atoms with Gasteiger partial charge in [0.15, 0.2) is 11.6 Å². The lowest BCUT2D eigenvalue weighted by Gasteiger charge is -2.05. The van der Waals surface area contributed by atoms with E-state index in [1.807, 2.05) is 25.1 Å². The predicted octanol–water partition coefficient (Wildman–Crippen LogP) is 3.26. The van der Waals surface area contributed by atoms with Gasteiger partial charge in [0, 0.05) is 11.1 Å². The van der Waals surface area contributed by atoms with E-state index in [0.717, 1.165) is 27.8 Å². The van der Waals surface area contributed by atoms with E-state index in [2.05, 4.69) is 21.1 Å². The van der Waals surface area contributed by atoms with E-state index in [0.29, 0.717) is 11.6 Å². The van der Waals surface area contributed by atoms with Crippen LogP contribution < -0.4 is 10.5 Å². The van der Waals surface area contributed by atoms with Crippen molar-refractivity contribution < 1.29 is 9.26 Å². The average Bonchev–Trinajstić information content (AvgIpc) is 2.70. The summed E-state index contributed by atoms with van der Waals surface area (Å²) in [6.45, 7) is 2.02. The normalized spacial score (nSPS) is 10.5. The van der Waals surface area contributed by atoms with Crippen LogP contribution in [0.4, 0.5) is 5.82 Å². The highest BCUT2D eigenvalue weighted by Crippen LogP contribution is 2.33. The minimum absolute atomic E-state index is 0.453. The molecule has 1 heterocycles. The maximum absolute atomic E-state index is 5.74. The van der Waals surface area contributed by atoms with Crippen molar-refractivity contribution in [2.45, 2.75) is 13.3 Å². The van der Waals surface area contributed by atoms with Gasteiger partial charge in [-0.05, 0) is 40.5 Å². The first-order chi connectivity index (χ1) is 8.17. The Labute approximate surface area is 108 Å². The molecule has 0 aliphatic rings. The second-order valence-electron chi connectivity index (χ2n) is 3.58. The number of methoxy groups -OCH3 is 1. The number of hydrogen-bond donors (Lipinski definition) is 1. The smallest absolute Gasteiger partial charge is 0.172 e. The summed E-state index contributed by atoms with van der Waals surface area (Å²) >= 11 is 3.44. The molecule has 0 atom stereocenters. The minimum Gasteiger partial charge on any atom is -0.496 e. The van der Waals surface area contributed by atoms with Crippen molar-refractivity contribution in [1.82, 2.24) is 5.16 Å².